The summed E-state index contributed by atoms with van der Waals surface area (Å²) in [5.74, 6) is 0.980. The van der Waals surface area contributed by atoms with Crippen LogP contribution in [0.3, 0.4) is 0 Å². The van der Waals surface area contributed by atoms with Gasteiger partial charge in [0.25, 0.3) is 5.91 Å². The number of rotatable bonds is 10. The number of ether oxygens (including phenoxy) is 3. The van der Waals surface area contributed by atoms with E-state index in [1.165, 1.54) is 0 Å². The molecule has 1 atom stereocenters. The second-order valence-electron chi connectivity index (χ2n) is 7.00. The van der Waals surface area contributed by atoms with Crippen molar-refractivity contribution in [3.05, 3.63) is 59.2 Å². The molecule has 0 unspecified atom stereocenters. The molecule has 2 aromatic rings. The molecule has 160 valence electrons. The molecule has 0 spiro atoms. The summed E-state index contributed by atoms with van der Waals surface area (Å²) < 4.78 is 16.1. The number of fused-ring (bicyclic) bond motifs is 1. The summed E-state index contributed by atoms with van der Waals surface area (Å²) in [7, 11) is 3.16. The highest BCUT2D eigenvalue weighted by Gasteiger charge is 2.34. The van der Waals surface area contributed by atoms with Gasteiger partial charge in [-0.15, -0.1) is 0 Å². The smallest absolute Gasteiger partial charge is 0.255 e. The number of carbonyl (C=O) groups excluding carboxylic acids is 2. The lowest BCUT2D eigenvalue weighted by Crippen LogP contribution is -2.35. The molecular weight excluding hydrogens is 384 g/mol. The zero-order valence-electron chi connectivity index (χ0n) is 17.6. The topological polar surface area (TPSA) is 77.1 Å². The second kappa shape index (κ2) is 10.1. The van der Waals surface area contributed by atoms with Crippen LogP contribution in [-0.2, 0) is 16.1 Å². The Balaban J connectivity index is 1.90. The van der Waals surface area contributed by atoms with Gasteiger partial charge in [-0.3, -0.25) is 9.59 Å². The standard InChI is InChI=1S/C23H28N2O5/c1-4-30-20-10-9-16(13-21(20)29-3)19(14-22(26)24-11-12-28-2)25-15-17-7-5-6-8-18(17)23(25)27/h5-10,13,19H,4,11-12,14-15H2,1-3H3,(H,24,26)/t19-/m1/s1. The maximum absolute atomic E-state index is 13.1. The highest BCUT2D eigenvalue weighted by atomic mass is 16.5. The lowest BCUT2D eigenvalue weighted by molar-refractivity contribution is -0.122. The van der Waals surface area contributed by atoms with Crippen LogP contribution in [0.15, 0.2) is 42.5 Å². The van der Waals surface area contributed by atoms with Crippen LogP contribution >= 0.6 is 0 Å². The Labute approximate surface area is 176 Å². The third-order valence-electron chi connectivity index (χ3n) is 5.10. The first-order valence-electron chi connectivity index (χ1n) is 10.0. The number of benzene rings is 2. The molecule has 1 N–H and O–H groups in total. The molecule has 0 saturated carbocycles. The molecule has 2 aromatic carbocycles. The molecule has 7 heteroatoms. The summed E-state index contributed by atoms with van der Waals surface area (Å²) in [6.45, 7) is 3.73. The Morgan fingerprint density at radius 1 is 1.17 bits per heavy atom. The molecular formula is C23H28N2O5. The molecule has 0 bridgehead atoms. The maximum atomic E-state index is 13.1. The second-order valence-corrected chi connectivity index (χ2v) is 7.00. The molecule has 3 rings (SSSR count). The summed E-state index contributed by atoms with van der Waals surface area (Å²) in [4.78, 5) is 27.4. The van der Waals surface area contributed by atoms with Crippen LogP contribution in [0.25, 0.3) is 0 Å². The van der Waals surface area contributed by atoms with Crippen molar-refractivity contribution in [1.29, 1.82) is 0 Å². The van der Waals surface area contributed by atoms with Gasteiger partial charge in [-0.2, -0.15) is 0 Å². The highest BCUT2D eigenvalue weighted by molar-refractivity contribution is 5.98. The minimum atomic E-state index is -0.433. The monoisotopic (exact) mass is 412 g/mol. The first-order chi connectivity index (χ1) is 14.6. The molecule has 0 radical (unpaired) electrons. The van der Waals surface area contributed by atoms with Crippen molar-refractivity contribution in [3.63, 3.8) is 0 Å². The molecule has 0 fully saturated rings. The number of carbonyl (C=O) groups is 2. The quantitative estimate of drug-likeness (QED) is 0.607. The molecule has 0 aliphatic carbocycles. The number of hydrogen-bond acceptors (Lipinski definition) is 5. The molecule has 7 nitrogen and oxygen atoms in total. The van der Waals surface area contributed by atoms with Crippen LogP contribution in [0.4, 0.5) is 0 Å². The van der Waals surface area contributed by atoms with E-state index in [0.29, 0.717) is 43.4 Å². The summed E-state index contributed by atoms with van der Waals surface area (Å²) in [5.41, 5.74) is 2.46. The van der Waals surface area contributed by atoms with E-state index in [0.717, 1.165) is 11.1 Å². The predicted molar refractivity (Wildman–Crippen MR) is 113 cm³/mol. The van der Waals surface area contributed by atoms with Crippen molar-refractivity contribution in [3.8, 4) is 11.5 Å². The number of hydrogen-bond donors (Lipinski definition) is 1. The molecule has 1 aliphatic rings. The van der Waals surface area contributed by atoms with Gasteiger partial charge in [0.15, 0.2) is 11.5 Å². The van der Waals surface area contributed by atoms with E-state index < -0.39 is 6.04 Å². The van der Waals surface area contributed by atoms with Gasteiger partial charge in [0, 0.05) is 25.8 Å². The highest BCUT2D eigenvalue weighted by Crippen LogP contribution is 2.37. The molecule has 1 aliphatic heterocycles. The van der Waals surface area contributed by atoms with Crippen molar-refractivity contribution >= 4 is 11.8 Å². The van der Waals surface area contributed by atoms with Crippen LogP contribution in [0, 0.1) is 0 Å². The lowest BCUT2D eigenvalue weighted by atomic mass is 10.0. The summed E-state index contributed by atoms with van der Waals surface area (Å²) in [6, 6.07) is 12.7. The van der Waals surface area contributed by atoms with Gasteiger partial charge >= 0.3 is 0 Å². The van der Waals surface area contributed by atoms with Gasteiger partial charge in [-0.1, -0.05) is 24.3 Å². The van der Waals surface area contributed by atoms with Gasteiger partial charge in [0.2, 0.25) is 5.91 Å². The number of nitrogens with zero attached hydrogens (tertiary/aromatic N) is 1. The van der Waals surface area contributed by atoms with Crippen molar-refractivity contribution in [2.45, 2.75) is 25.9 Å². The normalized spacial score (nSPS) is 13.7. The van der Waals surface area contributed by atoms with Crippen LogP contribution in [0.5, 0.6) is 11.5 Å². The molecule has 2 amide bonds. The zero-order chi connectivity index (χ0) is 21.5. The molecule has 1 heterocycles. The van der Waals surface area contributed by atoms with E-state index in [-0.39, 0.29) is 18.2 Å². The van der Waals surface area contributed by atoms with E-state index in [1.54, 1.807) is 19.1 Å². The summed E-state index contributed by atoms with van der Waals surface area (Å²) >= 11 is 0. The lowest BCUT2D eigenvalue weighted by Gasteiger charge is -2.28. The van der Waals surface area contributed by atoms with E-state index >= 15 is 0 Å². The average Bonchev–Trinajstić information content (AvgIpc) is 3.09. The van der Waals surface area contributed by atoms with Gasteiger partial charge < -0.3 is 24.4 Å². The van der Waals surface area contributed by atoms with Gasteiger partial charge in [0.05, 0.1) is 32.8 Å². The van der Waals surface area contributed by atoms with Crippen molar-refractivity contribution in [2.75, 3.05) is 34.0 Å². The predicted octanol–water partition coefficient (Wildman–Crippen LogP) is 2.94. The van der Waals surface area contributed by atoms with Gasteiger partial charge in [-0.05, 0) is 36.2 Å². The SMILES string of the molecule is CCOc1ccc([C@@H](CC(=O)NCCOC)N2Cc3ccccc3C2=O)cc1OC. The van der Waals surface area contributed by atoms with Crippen LogP contribution < -0.4 is 14.8 Å². The first-order valence-corrected chi connectivity index (χ1v) is 10.0. The van der Waals surface area contributed by atoms with E-state index in [2.05, 4.69) is 5.32 Å². The fourth-order valence-electron chi connectivity index (χ4n) is 3.64. The maximum Gasteiger partial charge on any atom is 0.255 e. The van der Waals surface area contributed by atoms with Crippen molar-refractivity contribution in [1.82, 2.24) is 10.2 Å². The summed E-state index contributed by atoms with van der Waals surface area (Å²) in [5, 5.41) is 2.85. The van der Waals surface area contributed by atoms with Gasteiger partial charge in [0.1, 0.15) is 0 Å². The first kappa shape index (κ1) is 21.6. The zero-order valence-corrected chi connectivity index (χ0v) is 17.6. The minimum Gasteiger partial charge on any atom is -0.493 e. The molecule has 0 aromatic heterocycles. The Hall–Kier alpha value is -3.06. The van der Waals surface area contributed by atoms with E-state index in [1.807, 2.05) is 49.4 Å². The third-order valence-corrected chi connectivity index (χ3v) is 5.10. The van der Waals surface area contributed by atoms with Crippen molar-refractivity contribution < 1.29 is 23.8 Å². The Bertz CT molecular complexity index is 899. The van der Waals surface area contributed by atoms with Crippen LogP contribution in [0.1, 0.15) is 40.9 Å². The van der Waals surface area contributed by atoms with E-state index in [9.17, 15) is 9.59 Å². The minimum absolute atomic E-state index is 0.0758. The van der Waals surface area contributed by atoms with Gasteiger partial charge in [-0.25, -0.2) is 0 Å². The molecule has 30 heavy (non-hydrogen) atoms. The fourth-order valence-corrected chi connectivity index (χ4v) is 3.64. The number of nitrogens with one attached hydrogen (secondary N) is 1. The summed E-state index contributed by atoms with van der Waals surface area (Å²) in [6.07, 6.45) is 0.139. The fraction of sp³-hybridized carbons (Fsp3) is 0.391. The molecule has 0 saturated heterocycles. The Morgan fingerprint density at radius 2 is 1.97 bits per heavy atom. The number of methoxy groups -OCH3 is 2. The Kier molecular flexibility index (Phi) is 7.30. The van der Waals surface area contributed by atoms with Crippen LogP contribution in [-0.4, -0.2) is 50.7 Å². The average molecular weight is 412 g/mol. The number of amides is 2. The third kappa shape index (κ3) is 4.74. The van der Waals surface area contributed by atoms with Crippen LogP contribution in [0.2, 0.25) is 0 Å². The van der Waals surface area contributed by atoms with E-state index in [4.69, 9.17) is 14.2 Å². The van der Waals surface area contributed by atoms with Crippen molar-refractivity contribution in [2.24, 2.45) is 0 Å². The largest absolute Gasteiger partial charge is 0.493 e. The Morgan fingerprint density at radius 3 is 2.67 bits per heavy atom.